The molecule has 1 aromatic carbocycles. The summed E-state index contributed by atoms with van der Waals surface area (Å²) in [5.41, 5.74) is 2.44. The van der Waals surface area contributed by atoms with Crippen LogP contribution < -0.4 is 10.2 Å². The summed E-state index contributed by atoms with van der Waals surface area (Å²) in [7, 11) is 0. The summed E-state index contributed by atoms with van der Waals surface area (Å²) in [5.74, 6) is -0.122. The topological polar surface area (TPSA) is 49.4 Å². The lowest BCUT2D eigenvalue weighted by Gasteiger charge is -2.29. The van der Waals surface area contributed by atoms with Gasteiger partial charge < -0.3 is 10.2 Å². The fourth-order valence-electron chi connectivity index (χ4n) is 2.44. The maximum atomic E-state index is 12.8. The number of aryl methyl sites for hydroxylation is 2. The molecule has 1 saturated carbocycles. The molecule has 2 amide bonds. The number of rotatable bonds is 4. The van der Waals surface area contributed by atoms with Crippen LogP contribution in [0.1, 0.15) is 44.7 Å². The normalized spacial score (nSPS) is 14.6. The molecule has 22 heavy (non-hydrogen) atoms. The zero-order chi connectivity index (χ0) is 16.5. The summed E-state index contributed by atoms with van der Waals surface area (Å²) < 4.78 is 0. The van der Waals surface area contributed by atoms with Crippen molar-refractivity contribution >= 4 is 17.5 Å². The molecule has 1 aliphatic rings. The van der Waals surface area contributed by atoms with E-state index in [-0.39, 0.29) is 18.4 Å². The van der Waals surface area contributed by atoms with Crippen LogP contribution in [0.2, 0.25) is 0 Å². The highest BCUT2D eigenvalue weighted by Gasteiger charge is 2.31. The number of benzene rings is 1. The van der Waals surface area contributed by atoms with E-state index in [1.807, 2.05) is 46.8 Å². The van der Waals surface area contributed by atoms with E-state index >= 15 is 0 Å². The van der Waals surface area contributed by atoms with Crippen molar-refractivity contribution in [2.75, 3.05) is 11.4 Å². The number of nitrogens with zero attached hydrogens (tertiary/aromatic N) is 1. The van der Waals surface area contributed by atoms with Crippen LogP contribution in [0.25, 0.3) is 0 Å². The quantitative estimate of drug-likeness (QED) is 0.929. The molecule has 0 heterocycles. The number of nitrogens with one attached hydrogen (secondary N) is 1. The van der Waals surface area contributed by atoms with Gasteiger partial charge in [-0.05, 0) is 49.9 Å². The van der Waals surface area contributed by atoms with Crippen LogP contribution in [0.15, 0.2) is 18.2 Å². The minimum Gasteiger partial charge on any atom is -0.352 e. The molecule has 1 aliphatic carbocycles. The molecule has 2 rings (SSSR count). The Hall–Kier alpha value is -1.84. The Kier molecular flexibility index (Phi) is 4.59. The Morgan fingerprint density at radius 2 is 1.68 bits per heavy atom. The van der Waals surface area contributed by atoms with Gasteiger partial charge in [0.15, 0.2) is 0 Å². The number of carbonyl (C=O) groups is 2. The number of carbonyl (C=O) groups excluding carboxylic acids is 2. The first-order valence-electron chi connectivity index (χ1n) is 7.86. The standard InChI is InChI=1S/C18H26N2O2/c1-12-8-13(2)10-15(9-12)20(17(22)18(3,4)5)11-16(21)19-14-6-7-14/h8-10,14H,6-7,11H2,1-5H3,(H,19,21). The lowest BCUT2D eigenvalue weighted by Crippen LogP contribution is -2.46. The molecule has 0 bridgehead atoms. The molecule has 0 aliphatic heterocycles. The van der Waals surface area contributed by atoms with Crippen LogP contribution in [0, 0.1) is 19.3 Å². The second-order valence-electron chi connectivity index (χ2n) is 7.33. The van der Waals surface area contributed by atoms with Gasteiger partial charge in [-0.2, -0.15) is 0 Å². The average molecular weight is 302 g/mol. The molecule has 1 fully saturated rings. The molecule has 0 saturated heterocycles. The minimum atomic E-state index is -0.530. The van der Waals surface area contributed by atoms with Crippen LogP contribution in [0.4, 0.5) is 5.69 Å². The smallest absolute Gasteiger partial charge is 0.240 e. The summed E-state index contributed by atoms with van der Waals surface area (Å²) in [6.07, 6.45) is 2.09. The van der Waals surface area contributed by atoms with E-state index in [1.54, 1.807) is 4.90 Å². The van der Waals surface area contributed by atoms with Crippen molar-refractivity contribution in [2.24, 2.45) is 5.41 Å². The molecule has 0 atom stereocenters. The van der Waals surface area contributed by atoms with Crippen molar-refractivity contribution in [1.82, 2.24) is 5.32 Å². The van der Waals surface area contributed by atoms with E-state index in [0.717, 1.165) is 29.7 Å². The first-order chi connectivity index (χ1) is 10.2. The number of anilines is 1. The fraction of sp³-hybridized carbons (Fsp3) is 0.556. The van der Waals surface area contributed by atoms with E-state index in [4.69, 9.17) is 0 Å². The molecule has 0 unspecified atom stereocenters. The maximum Gasteiger partial charge on any atom is 0.240 e. The predicted octanol–water partition coefficient (Wildman–Crippen LogP) is 2.96. The van der Waals surface area contributed by atoms with Crippen LogP contribution in [0.3, 0.4) is 0 Å². The molecule has 0 aromatic heterocycles. The van der Waals surface area contributed by atoms with Crippen LogP contribution >= 0.6 is 0 Å². The SMILES string of the molecule is Cc1cc(C)cc(N(CC(=O)NC2CC2)C(=O)C(C)(C)C)c1. The molecule has 0 radical (unpaired) electrons. The number of amides is 2. The van der Waals surface area contributed by atoms with E-state index in [0.29, 0.717) is 6.04 Å². The second kappa shape index (κ2) is 6.11. The molecule has 4 heteroatoms. The van der Waals surface area contributed by atoms with Gasteiger partial charge in [-0.15, -0.1) is 0 Å². The molecule has 0 spiro atoms. The summed E-state index contributed by atoms with van der Waals surface area (Å²) >= 11 is 0. The third-order valence-corrected chi connectivity index (χ3v) is 3.65. The van der Waals surface area contributed by atoms with Gasteiger partial charge in [-0.3, -0.25) is 9.59 Å². The highest BCUT2D eigenvalue weighted by Crippen LogP contribution is 2.25. The lowest BCUT2D eigenvalue weighted by molar-refractivity contribution is -0.128. The Balaban J connectivity index is 2.27. The fourth-order valence-corrected chi connectivity index (χ4v) is 2.44. The predicted molar refractivity (Wildman–Crippen MR) is 88.9 cm³/mol. The Bertz CT molecular complexity index is 563. The maximum absolute atomic E-state index is 12.8. The van der Waals surface area contributed by atoms with E-state index in [1.165, 1.54) is 0 Å². The van der Waals surface area contributed by atoms with Crippen molar-refractivity contribution < 1.29 is 9.59 Å². The summed E-state index contributed by atoms with van der Waals surface area (Å²) in [5, 5.41) is 2.96. The van der Waals surface area contributed by atoms with Gasteiger partial charge in [0.1, 0.15) is 6.54 Å². The Labute approximate surface area is 132 Å². The van der Waals surface area contributed by atoms with Crippen molar-refractivity contribution in [3.05, 3.63) is 29.3 Å². The largest absolute Gasteiger partial charge is 0.352 e. The molecule has 120 valence electrons. The zero-order valence-electron chi connectivity index (χ0n) is 14.2. The van der Waals surface area contributed by atoms with Crippen LogP contribution in [-0.2, 0) is 9.59 Å². The zero-order valence-corrected chi connectivity index (χ0v) is 14.2. The Morgan fingerprint density at radius 3 is 2.14 bits per heavy atom. The average Bonchev–Trinajstić information content (AvgIpc) is 3.16. The first kappa shape index (κ1) is 16.5. The van der Waals surface area contributed by atoms with Gasteiger partial charge in [0, 0.05) is 17.1 Å². The van der Waals surface area contributed by atoms with Gasteiger partial charge in [-0.25, -0.2) is 0 Å². The summed E-state index contributed by atoms with van der Waals surface area (Å²) in [6.45, 7) is 9.72. The molecule has 1 N–H and O–H groups in total. The monoisotopic (exact) mass is 302 g/mol. The van der Waals surface area contributed by atoms with Gasteiger partial charge in [0.25, 0.3) is 0 Å². The third kappa shape index (κ3) is 4.33. The van der Waals surface area contributed by atoms with Crippen molar-refractivity contribution in [3.63, 3.8) is 0 Å². The summed E-state index contributed by atoms with van der Waals surface area (Å²) in [6, 6.07) is 6.29. The second-order valence-corrected chi connectivity index (χ2v) is 7.33. The highest BCUT2D eigenvalue weighted by molar-refractivity contribution is 6.01. The summed E-state index contributed by atoms with van der Waals surface area (Å²) in [4.78, 5) is 26.6. The van der Waals surface area contributed by atoms with Gasteiger partial charge in [-0.1, -0.05) is 26.8 Å². The van der Waals surface area contributed by atoms with Gasteiger partial charge >= 0.3 is 0 Å². The third-order valence-electron chi connectivity index (χ3n) is 3.65. The van der Waals surface area contributed by atoms with E-state index < -0.39 is 5.41 Å². The van der Waals surface area contributed by atoms with Crippen LogP contribution in [0.5, 0.6) is 0 Å². The van der Waals surface area contributed by atoms with Crippen molar-refractivity contribution in [1.29, 1.82) is 0 Å². The van der Waals surface area contributed by atoms with Gasteiger partial charge in [0.2, 0.25) is 11.8 Å². The molecular weight excluding hydrogens is 276 g/mol. The lowest BCUT2D eigenvalue weighted by atomic mass is 9.94. The van der Waals surface area contributed by atoms with E-state index in [9.17, 15) is 9.59 Å². The van der Waals surface area contributed by atoms with Crippen LogP contribution in [-0.4, -0.2) is 24.4 Å². The molecular formula is C18H26N2O2. The number of hydrogen-bond acceptors (Lipinski definition) is 2. The first-order valence-corrected chi connectivity index (χ1v) is 7.86. The van der Waals surface area contributed by atoms with Crippen molar-refractivity contribution in [3.8, 4) is 0 Å². The number of hydrogen-bond donors (Lipinski definition) is 1. The minimum absolute atomic E-state index is 0.0385. The van der Waals surface area contributed by atoms with E-state index in [2.05, 4.69) is 11.4 Å². The molecule has 4 nitrogen and oxygen atoms in total. The highest BCUT2D eigenvalue weighted by atomic mass is 16.2. The Morgan fingerprint density at radius 1 is 1.14 bits per heavy atom. The van der Waals surface area contributed by atoms with Gasteiger partial charge in [0.05, 0.1) is 0 Å². The molecule has 1 aromatic rings. The van der Waals surface area contributed by atoms with Crippen molar-refractivity contribution in [2.45, 2.75) is 53.5 Å².